The summed E-state index contributed by atoms with van der Waals surface area (Å²) in [5, 5.41) is 14.6. The van der Waals surface area contributed by atoms with E-state index in [1.54, 1.807) is 48.5 Å². The number of benzene rings is 3. The predicted molar refractivity (Wildman–Crippen MR) is 122 cm³/mol. The zero-order chi connectivity index (χ0) is 23.6. The molecule has 1 N–H and O–H groups in total. The molecular formula is C24H21N3O6. The Hall–Kier alpha value is -4.53. The summed E-state index contributed by atoms with van der Waals surface area (Å²) in [7, 11) is 0. The standard InChI is InChI=1S/C24H21N3O6/c1-2-32-22-14-18(10-13-21(22)33-24(29)19-6-4-3-5-7-19)16-25-26-23(28)15-17-8-11-20(12-9-17)27(30)31/h3-14,16H,2,15H2,1H3,(H,26,28)/b25-16+. The van der Waals surface area contributed by atoms with Gasteiger partial charge in [0.1, 0.15) is 0 Å². The average Bonchev–Trinajstić information content (AvgIpc) is 2.81. The Morgan fingerprint density at radius 2 is 1.76 bits per heavy atom. The van der Waals surface area contributed by atoms with Gasteiger partial charge in [0, 0.05) is 12.1 Å². The molecule has 0 aromatic heterocycles. The lowest BCUT2D eigenvalue weighted by atomic mass is 10.1. The number of nitro groups is 1. The van der Waals surface area contributed by atoms with Crippen molar-refractivity contribution in [3.05, 3.63) is 99.6 Å². The van der Waals surface area contributed by atoms with E-state index in [0.29, 0.717) is 29.0 Å². The topological polar surface area (TPSA) is 120 Å². The number of rotatable bonds is 9. The van der Waals surface area contributed by atoms with Crippen LogP contribution in [0, 0.1) is 10.1 Å². The third kappa shape index (κ3) is 6.73. The van der Waals surface area contributed by atoms with Crippen LogP contribution in [0.1, 0.15) is 28.4 Å². The number of nitrogens with zero attached hydrogens (tertiary/aromatic N) is 2. The summed E-state index contributed by atoms with van der Waals surface area (Å²) in [4.78, 5) is 34.6. The third-order valence-electron chi connectivity index (χ3n) is 4.39. The zero-order valence-electron chi connectivity index (χ0n) is 17.8. The highest BCUT2D eigenvalue weighted by atomic mass is 16.6. The maximum Gasteiger partial charge on any atom is 0.343 e. The minimum absolute atomic E-state index is 0.0217. The Labute approximate surface area is 189 Å². The van der Waals surface area contributed by atoms with E-state index in [0.717, 1.165) is 0 Å². The van der Waals surface area contributed by atoms with Crippen LogP contribution in [0.2, 0.25) is 0 Å². The molecule has 0 saturated heterocycles. The summed E-state index contributed by atoms with van der Waals surface area (Å²) in [6.07, 6.45) is 1.45. The number of hydrazone groups is 1. The fraction of sp³-hybridized carbons (Fsp3) is 0.125. The molecule has 0 aliphatic carbocycles. The van der Waals surface area contributed by atoms with Crippen LogP contribution in [-0.2, 0) is 11.2 Å². The van der Waals surface area contributed by atoms with E-state index in [9.17, 15) is 19.7 Å². The van der Waals surface area contributed by atoms with E-state index in [1.165, 1.54) is 30.5 Å². The molecule has 1 amide bonds. The lowest BCUT2D eigenvalue weighted by molar-refractivity contribution is -0.384. The second-order valence-electron chi connectivity index (χ2n) is 6.79. The van der Waals surface area contributed by atoms with Gasteiger partial charge in [-0.15, -0.1) is 0 Å². The molecule has 3 aromatic rings. The number of carbonyl (C=O) groups is 2. The molecule has 3 aromatic carbocycles. The number of hydrogen-bond donors (Lipinski definition) is 1. The Morgan fingerprint density at radius 3 is 2.42 bits per heavy atom. The Kier molecular flexibility index (Phi) is 7.85. The first-order valence-electron chi connectivity index (χ1n) is 10.1. The van der Waals surface area contributed by atoms with Crippen LogP contribution >= 0.6 is 0 Å². The lowest BCUT2D eigenvalue weighted by Crippen LogP contribution is -2.19. The summed E-state index contributed by atoms with van der Waals surface area (Å²) in [5.74, 6) is -0.247. The molecule has 9 heteroatoms. The first kappa shape index (κ1) is 23.1. The predicted octanol–water partition coefficient (Wildman–Crippen LogP) is 3.91. The van der Waals surface area contributed by atoms with Gasteiger partial charge in [0.05, 0.1) is 29.7 Å². The Morgan fingerprint density at radius 1 is 1.03 bits per heavy atom. The number of nitro benzene ring substituents is 1. The number of ether oxygens (including phenoxy) is 2. The molecule has 0 spiro atoms. The first-order valence-corrected chi connectivity index (χ1v) is 10.1. The van der Waals surface area contributed by atoms with Crippen LogP contribution in [-0.4, -0.2) is 29.6 Å². The van der Waals surface area contributed by atoms with Crippen LogP contribution in [0.25, 0.3) is 0 Å². The van der Waals surface area contributed by atoms with Crippen LogP contribution in [0.3, 0.4) is 0 Å². The van der Waals surface area contributed by atoms with Crippen molar-refractivity contribution in [2.24, 2.45) is 5.10 Å². The van der Waals surface area contributed by atoms with Gasteiger partial charge in [-0.25, -0.2) is 10.2 Å². The van der Waals surface area contributed by atoms with Crippen LogP contribution in [0.15, 0.2) is 77.9 Å². The zero-order valence-corrected chi connectivity index (χ0v) is 17.8. The molecule has 168 valence electrons. The smallest absolute Gasteiger partial charge is 0.343 e. The summed E-state index contributed by atoms with van der Waals surface area (Å²) in [6, 6.07) is 19.2. The molecule has 33 heavy (non-hydrogen) atoms. The number of carbonyl (C=O) groups excluding carboxylic acids is 2. The molecule has 9 nitrogen and oxygen atoms in total. The summed E-state index contributed by atoms with van der Waals surface area (Å²) in [5.41, 5.74) is 4.02. The van der Waals surface area contributed by atoms with Crippen molar-refractivity contribution in [3.63, 3.8) is 0 Å². The molecule has 0 atom stereocenters. The number of non-ortho nitro benzene ring substituents is 1. The van der Waals surface area contributed by atoms with Crippen molar-refractivity contribution in [3.8, 4) is 11.5 Å². The molecule has 0 unspecified atom stereocenters. The van der Waals surface area contributed by atoms with Crippen LogP contribution < -0.4 is 14.9 Å². The Bertz CT molecular complexity index is 1160. The van der Waals surface area contributed by atoms with Crippen molar-refractivity contribution in [2.75, 3.05) is 6.61 Å². The molecule has 0 bridgehead atoms. The number of amides is 1. The highest BCUT2D eigenvalue weighted by molar-refractivity contribution is 5.91. The molecular weight excluding hydrogens is 426 g/mol. The SMILES string of the molecule is CCOc1cc(/C=N/NC(=O)Cc2ccc([N+](=O)[O-])cc2)ccc1OC(=O)c1ccccc1. The molecule has 0 saturated carbocycles. The molecule has 0 aliphatic rings. The van der Waals surface area contributed by atoms with Crippen molar-refractivity contribution in [1.29, 1.82) is 0 Å². The maximum absolute atomic E-state index is 12.3. The number of esters is 1. The summed E-state index contributed by atoms with van der Waals surface area (Å²) >= 11 is 0. The molecule has 0 heterocycles. The molecule has 0 aliphatic heterocycles. The van der Waals surface area contributed by atoms with E-state index < -0.39 is 10.9 Å². The largest absolute Gasteiger partial charge is 0.490 e. The van der Waals surface area contributed by atoms with Crippen molar-refractivity contribution in [1.82, 2.24) is 5.43 Å². The first-order chi connectivity index (χ1) is 16.0. The highest BCUT2D eigenvalue weighted by Gasteiger charge is 2.13. The van der Waals surface area contributed by atoms with Gasteiger partial charge in [-0.2, -0.15) is 5.10 Å². The monoisotopic (exact) mass is 447 g/mol. The summed E-state index contributed by atoms with van der Waals surface area (Å²) in [6.45, 7) is 2.17. The van der Waals surface area contributed by atoms with E-state index in [-0.39, 0.29) is 23.8 Å². The number of hydrogen-bond acceptors (Lipinski definition) is 7. The Balaban J connectivity index is 1.61. The third-order valence-corrected chi connectivity index (χ3v) is 4.39. The second-order valence-corrected chi connectivity index (χ2v) is 6.79. The van der Waals surface area contributed by atoms with Gasteiger partial charge in [0.15, 0.2) is 11.5 Å². The van der Waals surface area contributed by atoms with Gasteiger partial charge >= 0.3 is 5.97 Å². The second kappa shape index (κ2) is 11.2. The number of nitrogens with one attached hydrogen (secondary N) is 1. The normalized spacial score (nSPS) is 10.6. The van der Waals surface area contributed by atoms with Gasteiger partial charge in [0.25, 0.3) is 5.69 Å². The van der Waals surface area contributed by atoms with Gasteiger partial charge in [-0.1, -0.05) is 30.3 Å². The van der Waals surface area contributed by atoms with Crippen molar-refractivity contribution in [2.45, 2.75) is 13.3 Å². The quantitative estimate of drug-likeness (QED) is 0.175. The van der Waals surface area contributed by atoms with E-state index in [4.69, 9.17) is 9.47 Å². The van der Waals surface area contributed by atoms with Crippen molar-refractivity contribution < 1.29 is 24.0 Å². The highest BCUT2D eigenvalue weighted by Crippen LogP contribution is 2.29. The van der Waals surface area contributed by atoms with E-state index in [2.05, 4.69) is 10.5 Å². The minimum atomic E-state index is -0.503. The molecule has 0 fully saturated rings. The summed E-state index contributed by atoms with van der Waals surface area (Å²) < 4.78 is 11.0. The fourth-order valence-electron chi connectivity index (χ4n) is 2.83. The maximum atomic E-state index is 12.3. The average molecular weight is 447 g/mol. The lowest BCUT2D eigenvalue weighted by Gasteiger charge is -2.11. The molecule has 0 radical (unpaired) electrons. The van der Waals surface area contributed by atoms with Gasteiger partial charge in [-0.3, -0.25) is 14.9 Å². The minimum Gasteiger partial charge on any atom is -0.490 e. The van der Waals surface area contributed by atoms with E-state index >= 15 is 0 Å². The fourth-order valence-corrected chi connectivity index (χ4v) is 2.83. The van der Waals surface area contributed by atoms with Crippen LogP contribution in [0.4, 0.5) is 5.69 Å². The van der Waals surface area contributed by atoms with Gasteiger partial charge in [-0.05, 0) is 48.4 Å². The van der Waals surface area contributed by atoms with Gasteiger partial charge < -0.3 is 9.47 Å². The van der Waals surface area contributed by atoms with Gasteiger partial charge in [0.2, 0.25) is 5.91 Å². The van der Waals surface area contributed by atoms with E-state index in [1.807, 2.05) is 6.92 Å². The van der Waals surface area contributed by atoms with Crippen LogP contribution in [0.5, 0.6) is 11.5 Å². The molecule has 3 rings (SSSR count). The van der Waals surface area contributed by atoms with Crippen molar-refractivity contribution >= 4 is 23.8 Å².